The summed E-state index contributed by atoms with van der Waals surface area (Å²) in [7, 11) is 3.57. The van der Waals surface area contributed by atoms with Gasteiger partial charge in [0.15, 0.2) is 12.4 Å². The lowest BCUT2D eigenvalue weighted by Gasteiger charge is -2.03. The molecule has 2 aromatic carbocycles. The summed E-state index contributed by atoms with van der Waals surface area (Å²) >= 11 is 0. The van der Waals surface area contributed by atoms with Gasteiger partial charge in [-0.2, -0.15) is 5.26 Å². The van der Waals surface area contributed by atoms with Gasteiger partial charge >= 0.3 is 0 Å². The number of hydrogen-bond donors (Lipinski definition) is 0. The van der Waals surface area contributed by atoms with Gasteiger partial charge in [-0.05, 0) is 36.4 Å². The molecule has 0 spiro atoms. The first-order chi connectivity index (χ1) is 13.1. The van der Waals surface area contributed by atoms with E-state index in [9.17, 15) is 4.79 Å². The molecule has 0 N–H and O–H groups in total. The van der Waals surface area contributed by atoms with Gasteiger partial charge < -0.3 is 18.8 Å². The monoisotopic (exact) mass is 360 g/mol. The summed E-state index contributed by atoms with van der Waals surface area (Å²) in [5.74, 6) is 1.72. The lowest BCUT2D eigenvalue weighted by Crippen LogP contribution is -1.97. The Morgan fingerprint density at radius 2 is 2.04 bits per heavy atom. The third-order valence-electron chi connectivity index (χ3n) is 4.46. The molecule has 134 valence electrons. The van der Waals surface area contributed by atoms with Gasteiger partial charge in [0.25, 0.3) is 0 Å². The summed E-state index contributed by atoms with van der Waals surface area (Å²) in [6, 6.07) is 12.6. The molecule has 2 heterocycles. The highest BCUT2D eigenvalue weighted by Crippen LogP contribution is 2.36. The van der Waals surface area contributed by atoms with Crippen molar-refractivity contribution in [2.24, 2.45) is 7.05 Å². The number of Topliss-reactive ketones (excluding diaryl/α,β-unsaturated/α-hetero) is 1. The average Bonchev–Trinajstić information content (AvgIpc) is 3.16. The zero-order valence-corrected chi connectivity index (χ0v) is 14.9. The van der Waals surface area contributed by atoms with Crippen LogP contribution in [0.1, 0.15) is 15.9 Å². The summed E-state index contributed by atoms with van der Waals surface area (Å²) < 4.78 is 18.3. The molecule has 1 aliphatic heterocycles. The van der Waals surface area contributed by atoms with Crippen molar-refractivity contribution in [2.75, 3.05) is 13.7 Å². The Labute approximate surface area is 155 Å². The van der Waals surface area contributed by atoms with Crippen molar-refractivity contribution in [1.82, 2.24) is 4.57 Å². The third kappa shape index (κ3) is 2.89. The van der Waals surface area contributed by atoms with Crippen LogP contribution in [0, 0.1) is 11.3 Å². The molecule has 0 unspecified atom stereocenters. The van der Waals surface area contributed by atoms with Crippen molar-refractivity contribution in [2.45, 2.75) is 0 Å². The van der Waals surface area contributed by atoms with Crippen LogP contribution in [0.5, 0.6) is 17.2 Å². The maximum Gasteiger partial charge on any atom is 0.231 e. The van der Waals surface area contributed by atoms with E-state index in [4.69, 9.17) is 19.5 Å². The van der Waals surface area contributed by atoms with Crippen LogP contribution in [0.15, 0.2) is 48.4 Å². The lowest BCUT2D eigenvalue weighted by molar-refractivity contribution is 0.101. The van der Waals surface area contributed by atoms with E-state index in [0.717, 1.165) is 22.2 Å². The van der Waals surface area contributed by atoms with E-state index >= 15 is 0 Å². The van der Waals surface area contributed by atoms with Crippen LogP contribution in [-0.2, 0) is 7.05 Å². The normalized spacial score (nSPS) is 14.1. The lowest BCUT2D eigenvalue weighted by atomic mass is 10.1. The van der Waals surface area contributed by atoms with E-state index in [1.54, 1.807) is 31.4 Å². The molecular weight excluding hydrogens is 344 g/mol. The number of aryl methyl sites for hydroxylation is 1. The fourth-order valence-electron chi connectivity index (χ4n) is 3.16. The summed E-state index contributed by atoms with van der Waals surface area (Å²) in [4.78, 5) is 12.7. The Kier molecular flexibility index (Phi) is 4.05. The number of ketones is 1. The van der Waals surface area contributed by atoms with E-state index in [2.05, 4.69) is 0 Å². The van der Waals surface area contributed by atoms with Gasteiger partial charge in [-0.15, -0.1) is 0 Å². The molecule has 0 fully saturated rings. The van der Waals surface area contributed by atoms with Gasteiger partial charge in [0.05, 0.1) is 12.7 Å². The fraction of sp³-hybridized carbons (Fsp3) is 0.143. The molecule has 6 heteroatoms. The summed E-state index contributed by atoms with van der Waals surface area (Å²) in [6.45, 7) is -0.0622. The van der Waals surface area contributed by atoms with Gasteiger partial charge in [-0.1, -0.05) is 0 Å². The summed E-state index contributed by atoms with van der Waals surface area (Å²) in [5.41, 5.74) is 2.37. The van der Waals surface area contributed by atoms with E-state index in [1.807, 2.05) is 42.1 Å². The van der Waals surface area contributed by atoms with Crippen LogP contribution in [0.4, 0.5) is 0 Å². The van der Waals surface area contributed by atoms with Crippen LogP contribution in [-0.4, -0.2) is 24.1 Å². The highest BCUT2D eigenvalue weighted by molar-refractivity contribution is 6.15. The number of fused-ring (bicyclic) bond motifs is 2. The number of benzene rings is 2. The van der Waals surface area contributed by atoms with Crippen LogP contribution in [0.25, 0.3) is 17.0 Å². The maximum absolute atomic E-state index is 12.7. The molecule has 27 heavy (non-hydrogen) atoms. The smallest absolute Gasteiger partial charge is 0.231 e. The number of ether oxygens (including phenoxy) is 3. The molecule has 0 aliphatic carbocycles. The van der Waals surface area contributed by atoms with Crippen molar-refractivity contribution < 1.29 is 19.0 Å². The zero-order valence-electron chi connectivity index (χ0n) is 14.9. The fourth-order valence-corrected chi connectivity index (χ4v) is 3.16. The van der Waals surface area contributed by atoms with Gasteiger partial charge in [0.2, 0.25) is 5.78 Å². The van der Waals surface area contributed by atoms with E-state index in [0.29, 0.717) is 17.1 Å². The second kappa shape index (κ2) is 6.54. The van der Waals surface area contributed by atoms with Crippen molar-refractivity contribution in [3.8, 4) is 23.3 Å². The molecule has 0 saturated heterocycles. The molecular formula is C21H16N2O4. The molecule has 0 radical (unpaired) electrons. The molecule has 1 aliphatic rings. The number of hydrogen-bond acceptors (Lipinski definition) is 5. The minimum atomic E-state index is -0.184. The number of carbonyl (C=O) groups excluding carboxylic acids is 1. The quantitative estimate of drug-likeness (QED) is 0.663. The molecule has 3 aromatic rings. The molecule has 1 aromatic heterocycles. The SMILES string of the molecule is COc1ccc2c(c1)c(C=C1Oc3cc(OCC#N)ccc3C1=O)cn2C. The highest BCUT2D eigenvalue weighted by Gasteiger charge is 2.28. The number of methoxy groups -OCH3 is 1. The predicted molar refractivity (Wildman–Crippen MR) is 100.0 cm³/mol. The molecule has 0 bridgehead atoms. The standard InChI is InChI=1S/C21H16N2O4/c1-23-12-13(17-10-14(25-2)4-6-18(17)23)9-20-21(24)16-5-3-15(26-8-7-22)11-19(16)27-20/h3-6,9-12H,8H2,1-2H3. The van der Waals surface area contributed by atoms with Crippen LogP contribution in [0.2, 0.25) is 0 Å². The first-order valence-electron chi connectivity index (χ1n) is 8.32. The Hall–Kier alpha value is -3.72. The molecule has 0 amide bonds. The maximum atomic E-state index is 12.7. The second-order valence-corrected chi connectivity index (χ2v) is 6.12. The minimum Gasteiger partial charge on any atom is -0.497 e. The number of nitrogens with zero attached hydrogens (tertiary/aromatic N) is 2. The number of rotatable bonds is 4. The topological polar surface area (TPSA) is 73.5 Å². The van der Waals surface area contributed by atoms with Crippen molar-refractivity contribution >= 4 is 22.8 Å². The Balaban J connectivity index is 1.72. The summed E-state index contributed by atoms with van der Waals surface area (Å²) in [5, 5.41) is 9.58. The largest absolute Gasteiger partial charge is 0.497 e. The highest BCUT2D eigenvalue weighted by atomic mass is 16.5. The molecule has 4 rings (SSSR count). The van der Waals surface area contributed by atoms with Crippen LogP contribution in [0.3, 0.4) is 0 Å². The van der Waals surface area contributed by atoms with Gasteiger partial charge in [0.1, 0.15) is 23.3 Å². The van der Waals surface area contributed by atoms with Crippen molar-refractivity contribution in [1.29, 1.82) is 5.26 Å². The van der Waals surface area contributed by atoms with Crippen molar-refractivity contribution in [3.63, 3.8) is 0 Å². The number of carbonyl (C=O) groups is 1. The van der Waals surface area contributed by atoms with E-state index < -0.39 is 0 Å². The Morgan fingerprint density at radius 1 is 1.22 bits per heavy atom. The predicted octanol–water partition coefficient (Wildman–Crippen LogP) is 3.71. The van der Waals surface area contributed by atoms with Gasteiger partial charge in [-0.3, -0.25) is 4.79 Å². The van der Waals surface area contributed by atoms with Crippen LogP contribution < -0.4 is 14.2 Å². The molecule has 0 saturated carbocycles. The first kappa shape index (κ1) is 16.7. The second-order valence-electron chi connectivity index (χ2n) is 6.12. The van der Waals surface area contributed by atoms with Crippen molar-refractivity contribution in [3.05, 3.63) is 59.5 Å². The summed E-state index contributed by atoms with van der Waals surface area (Å²) in [6.07, 6.45) is 3.68. The third-order valence-corrected chi connectivity index (χ3v) is 4.46. The first-order valence-corrected chi connectivity index (χ1v) is 8.32. The number of aromatic nitrogens is 1. The Bertz CT molecular complexity index is 1140. The number of allylic oxidation sites excluding steroid dienone is 1. The van der Waals surface area contributed by atoms with Crippen LogP contribution >= 0.6 is 0 Å². The van der Waals surface area contributed by atoms with E-state index in [1.165, 1.54) is 0 Å². The van der Waals surface area contributed by atoms with Gasteiger partial charge in [0, 0.05) is 35.8 Å². The van der Waals surface area contributed by atoms with Gasteiger partial charge in [-0.25, -0.2) is 0 Å². The number of nitriles is 1. The molecule has 6 nitrogen and oxygen atoms in total. The zero-order chi connectivity index (χ0) is 19.0. The minimum absolute atomic E-state index is 0.0622. The van der Waals surface area contributed by atoms with E-state index in [-0.39, 0.29) is 18.1 Å². The molecule has 0 atom stereocenters. The average molecular weight is 360 g/mol. The Morgan fingerprint density at radius 3 is 2.81 bits per heavy atom.